The average Bonchev–Trinajstić information content (AvgIpc) is 3.23. The smallest absolute Gasteiger partial charge is 0.243 e. The van der Waals surface area contributed by atoms with Crippen molar-refractivity contribution in [2.24, 2.45) is 10.9 Å². The molecule has 1 atom stereocenters. The number of aliphatic imine (C=N–C) groups is 1. The molecule has 0 aromatic carbocycles. The van der Waals surface area contributed by atoms with Crippen LogP contribution in [0.4, 0.5) is 0 Å². The first-order valence-corrected chi connectivity index (χ1v) is 10.9. The summed E-state index contributed by atoms with van der Waals surface area (Å²) in [7, 11) is 3.54. The van der Waals surface area contributed by atoms with Crippen LogP contribution >= 0.6 is 24.0 Å². The third kappa shape index (κ3) is 9.20. The molecule has 1 amide bonds. The molecule has 0 bridgehead atoms. The molecule has 1 unspecified atom stereocenters. The molecule has 0 radical (unpaired) electrons. The van der Waals surface area contributed by atoms with Crippen molar-refractivity contribution in [2.45, 2.75) is 46.1 Å². The molecule has 9 heteroatoms. The highest BCUT2D eigenvalue weighted by Crippen LogP contribution is 2.12. The van der Waals surface area contributed by atoms with Crippen LogP contribution in [0.15, 0.2) is 21.8 Å². The molecule has 2 heterocycles. The first-order valence-electron chi connectivity index (χ1n) is 10.9. The Kier molecular flexibility index (Phi) is 13.0. The summed E-state index contributed by atoms with van der Waals surface area (Å²) in [5.41, 5.74) is 0.962. The minimum atomic E-state index is 0. The summed E-state index contributed by atoms with van der Waals surface area (Å²) in [6, 6.07) is 1.91. The zero-order valence-electron chi connectivity index (χ0n) is 19.0. The number of nitrogens with one attached hydrogen (secondary N) is 1. The molecule has 0 aliphatic carbocycles. The van der Waals surface area contributed by atoms with E-state index in [2.05, 4.69) is 39.1 Å². The number of likely N-dealkylation sites (N-methyl/N-ethyl adjacent to an activating group) is 1. The number of aromatic nitrogens is 1. The second-order valence-electron chi connectivity index (χ2n) is 7.98. The fourth-order valence-electron chi connectivity index (χ4n) is 3.40. The first-order chi connectivity index (χ1) is 14.0. The van der Waals surface area contributed by atoms with Gasteiger partial charge in [0.1, 0.15) is 12.8 Å². The Labute approximate surface area is 198 Å². The monoisotopic (exact) mass is 534 g/mol. The molecule has 1 fully saturated rings. The van der Waals surface area contributed by atoms with Gasteiger partial charge in [0.15, 0.2) is 5.96 Å². The van der Waals surface area contributed by atoms with E-state index in [1.807, 2.05) is 6.07 Å². The predicted octanol–water partition coefficient (Wildman–Crippen LogP) is 2.66. The van der Waals surface area contributed by atoms with Crippen LogP contribution in [0.3, 0.4) is 0 Å². The third-order valence-electron chi connectivity index (χ3n) is 5.50. The maximum Gasteiger partial charge on any atom is 0.243 e. The molecular weight excluding hydrogens is 495 g/mol. The number of piperazine rings is 1. The Morgan fingerprint density at radius 1 is 1.30 bits per heavy atom. The molecule has 8 nitrogen and oxygen atoms in total. The van der Waals surface area contributed by atoms with Gasteiger partial charge in [-0.3, -0.25) is 9.69 Å². The van der Waals surface area contributed by atoms with Crippen LogP contribution in [-0.4, -0.2) is 85.1 Å². The lowest BCUT2D eigenvalue weighted by molar-refractivity contribution is -0.127. The molecule has 30 heavy (non-hydrogen) atoms. The van der Waals surface area contributed by atoms with E-state index in [4.69, 9.17) is 4.52 Å². The van der Waals surface area contributed by atoms with E-state index in [1.54, 1.807) is 25.3 Å². The Hall–Kier alpha value is -1.36. The summed E-state index contributed by atoms with van der Waals surface area (Å²) in [5, 5.41) is 7.57. The standard InChI is InChI=1S/C21H38N6O2.HI/c1-5-7-8-18(6-2)15-22-21(23-16-20(28)25(3)4)27-12-10-26(11-13-27)17-19-9-14-29-24-19;/h9,14,18H,5-8,10-13,15-17H2,1-4H3,(H,22,23);1H. The van der Waals surface area contributed by atoms with Crippen molar-refractivity contribution >= 4 is 35.8 Å². The molecule has 1 N–H and O–H groups in total. The van der Waals surface area contributed by atoms with E-state index in [0.29, 0.717) is 5.92 Å². The quantitative estimate of drug-likeness (QED) is 0.283. The zero-order valence-corrected chi connectivity index (χ0v) is 21.3. The van der Waals surface area contributed by atoms with Crippen molar-refractivity contribution in [1.82, 2.24) is 25.2 Å². The second kappa shape index (κ2) is 14.6. The maximum absolute atomic E-state index is 12.0. The summed E-state index contributed by atoms with van der Waals surface area (Å²) in [4.78, 5) is 22.9. The van der Waals surface area contributed by atoms with Crippen LogP contribution in [0.5, 0.6) is 0 Å². The van der Waals surface area contributed by atoms with Crippen LogP contribution in [0.25, 0.3) is 0 Å². The highest BCUT2D eigenvalue weighted by Gasteiger charge is 2.21. The van der Waals surface area contributed by atoms with E-state index in [0.717, 1.165) is 57.3 Å². The van der Waals surface area contributed by atoms with E-state index in [1.165, 1.54) is 19.3 Å². The van der Waals surface area contributed by atoms with Gasteiger partial charge in [-0.15, -0.1) is 24.0 Å². The molecule has 172 valence electrons. The second-order valence-corrected chi connectivity index (χ2v) is 7.98. The lowest BCUT2D eigenvalue weighted by Crippen LogP contribution is -2.53. The number of carbonyl (C=O) groups excluding carboxylic acids is 1. The van der Waals surface area contributed by atoms with Crippen molar-refractivity contribution < 1.29 is 9.32 Å². The van der Waals surface area contributed by atoms with Crippen molar-refractivity contribution in [3.8, 4) is 0 Å². The minimum Gasteiger partial charge on any atom is -0.364 e. The van der Waals surface area contributed by atoms with E-state index >= 15 is 0 Å². The number of hydrogen-bond donors (Lipinski definition) is 1. The minimum absolute atomic E-state index is 0. The van der Waals surface area contributed by atoms with Crippen LogP contribution in [0.2, 0.25) is 0 Å². The summed E-state index contributed by atoms with van der Waals surface area (Å²) >= 11 is 0. The van der Waals surface area contributed by atoms with Crippen molar-refractivity contribution in [2.75, 3.05) is 53.4 Å². The summed E-state index contributed by atoms with van der Waals surface area (Å²) in [5.74, 6) is 1.52. The molecule has 1 saturated heterocycles. The number of nitrogens with zero attached hydrogens (tertiary/aromatic N) is 5. The normalized spacial score (nSPS) is 16.1. The molecule has 1 aromatic rings. The van der Waals surface area contributed by atoms with Crippen LogP contribution < -0.4 is 5.32 Å². The van der Waals surface area contributed by atoms with Crippen molar-refractivity contribution in [3.63, 3.8) is 0 Å². The molecule has 2 rings (SSSR count). The van der Waals surface area contributed by atoms with Gasteiger partial charge in [0, 0.05) is 59.4 Å². The largest absolute Gasteiger partial charge is 0.364 e. The van der Waals surface area contributed by atoms with Gasteiger partial charge < -0.3 is 19.6 Å². The van der Waals surface area contributed by atoms with Gasteiger partial charge in [0.25, 0.3) is 0 Å². The topological polar surface area (TPSA) is 77.2 Å². The molecule has 1 aliphatic heterocycles. The number of amides is 1. The van der Waals surface area contributed by atoms with Crippen LogP contribution in [0, 0.1) is 5.92 Å². The van der Waals surface area contributed by atoms with Gasteiger partial charge in [0.2, 0.25) is 5.91 Å². The fraction of sp³-hybridized carbons (Fsp3) is 0.762. The molecular formula is C21H39IN6O2. The lowest BCUT2D eigenvalue weighted by atomic mass is 9.99. The van der Waals surface area contributed by atoms with Crippen LogP contribution in [-0.2, 0) is 11.3 Å². The highest BCUT2D eigenvalue weighted by atomic mass is 127. The molecule has 1 aromatic heterocycles. The highest BCUT2D eigenvalue weighted by molar-refractivity contribution is 14.0. The average molecular weight is 534 g/mol. The Morgan fingerprint density at radius 3 is 2.60 bits per heavy atom. The van der Waals surface area contributed by atoms with Gasteiger partial charge in [-0.1, -0.05) is 38.3 Å². The fourth-order valence-corrected chi connectivity index (χ4v) is 3.40. The van der Waals surface area contributed by atoms with Crippen molar-refractivity contribution in [1.29, 1.82) is 0 Å². The lowest BCUT2D eigenvalue weighted by Gasteiger charge is -2.36. The van der Waals surface area contributed by atoms with Crippen molar-refractivity contribution in [3.05, 3.63) is 18.0 Å². The number of hydrogen-bond acceptors (Lipinski definition) is 5. The van der Waals surface area contributed by atoms with Gasteiger partial charge in [0.05, 0.1) is 5.69 Å². The molecule has 0 saturated carbocycles. The SMILES string of the molecule is CCCCC(CC)CNC(=NCC(=O)N(C)C)N1CCN(Cc2ccon2)CC1.I. The summed E-state index contributed by atoms with van der Waals surface area (Å²) in [6.07, 6.45) is 6.48. The maximum atomic E-state index is 12.0. The third-order valence-corrected chi connectivity index (χ3v) is 5.50. The number of guanidine groups is 1. The van der Waals surface area contributed by atoms with Gasteiger partial charge in [-0.05, 0) is 12.3 Å². The zero-order chi connectivity index (χ0) is 21.1. The Morgan fingerprint density at radius 2 is 2.03 bits per heavy atom. The number of rotatable bonds is 10. The summed E-state index contributed by atoms with van der Waals surface area (Å²) < 4.78 is 4.93. The van der Waals surface area contributed by atoms with Crippen LogP contribution in [0.1, 0.15) is 45.2 Å². The summed E-state index contributed by atoms with van der Waals surface area (Å²) in [6.45, 7) is 10.0. The number of unbranched alkanes of at least 4 members (excludes halogenated alkanes) is 1. The van der Waals surface area contributed by atoms with E-state index < -0.39 is 0 Å². The molecule has 1 aliphatic rings. The van der Waals surface area contributed by atoms with E-state index in [-0.39, 0.29) is 36.4 Å². The van der Waals surface area contributed by atoms with Gasteiger partial charge >= 0.3 is 0 Å². The number of halogens is 1. The van der Waals surface area contributed by atoms with Gasteiger partial charge in [-0.25, -0.2) is 4.99 Å². The Balaban J connectivity index is 0.00000450. The van der Waals surface area contributed by atoms with E-state index in [9.17, 15) is 4.79 Å². The molecule has 0 spiro atoms. The Bertz CT molecular complexity index is 615. The first kappa shape index (κ1) is 26.7. The predicted molar refractivity (Wildman–Crippen MR) is 131 cm³/mol. The van der Waals surface area contributed by atoms with Gasteiger partial charge in [-0.2, -0.15) is 0 Å². The number of carbonyl (C=O) groups is 1.